The number of Topliss-reactive ketones (excluding diaryl/α,β-unsaturated/α-hetero) is 1. The number of carbonyl (C=O) groups is 2. The number of carbonyl (C=O) groups excluding carboxylic acids is 1. The summed E-state index contributed by atoms with van der Waals surface area (Å²) < 4.78 is 0. The molecule has 0 aliphatic carbocycles. The third-order valence-electron chi connectivity index (χ3n) is 2.92. The maximum Gasteiger partial charge on any atom is 0.304 e. The molecule has 0 saturated carbocycles. The summed E-state index contributed by atoms with van der Waals surface area (Å²) >= 11 is 0. The van der Waals surface area contributed by atoms with E-state index in [0.29, 0.717) is 0 Å². The second-order valence-electron chi connectivity index (χ2n) is 5.04. The molecule has 2 N–H and O–H groups in total. The number of aliphatic hydroxyl groups excluding tert-OH is 1. The fraction of sp³-hybridized carbons (Fsp3) is 0.385. The highest BCUT2D eigenvalue weighted by atomic mass is 16.6. The number of nitro benzene ring substituents is 1. The number of benzene rings is 1. The van der Waals surface area contributed by atoms with Gasteiger partial charge in [-0.3, -0.25) is 19.7 Å². The van der Waals surface area contributed by atoms with Crippen molar-refractivity contribution >= 4 is 17.4 Å². The van der Waals surface area contributed by atoms with Gasteiger partial charge in [0.05, 0.1) is 23.5 Å². The molecule has 1 aromatic rings. The van der Waals surface area contributed by atoms with Gasteiger partial charge in [-0.2, -0.15) is 0 Å². The van der Waals surface area contributed by atoms with Crippen molar-refractivity contribution in [1.82, 2.24) is 0 Å². The smallest absolute Gasteiger partial charge is 0.304 e. The van der Waals surface area contributed by atoms with Gasteiger partial charge >= 0.3 is 5.97 Å². The van der Waals surface area contributed by atoms with Gasteiger partial charge in [-0.25, -0.2) is 0 Å². The minimum absolute atomic E-state index is 0.0557. The molecular formula is C13H15NO6. The number of aliphatic carboxylic acids is 1. The first kappa shape index (κ1) is 15.8. The molecular weight excluding hydrogens is 266 g/mol. The number of carboxylic acid groups (broad SMARTS) is 1. The topological polar surface area (TPSA) is 118 Å². The van der Waals surface area contributed by atoms with Crippen LogP contribution in [0.25, 0.3) is 0 Å². The normalized spacial score (nSPS) is 11.2. The molecule has 1 aromatic carbocycles. The lowest BCUT2D eigenvalue weighted by Crippen LogP contribution is -2.27. The zero-order chi connectivity index (χ0) is 15.5. The van der Waals surface area contributed by atoms with E-state index in [9.17, 15) is 19.7 Å². The van der Waals surface area contributed by atoms with Crippen LogP contribution >= 0.6 is 0 Å². The minimum atomic E-state index is -1.17. The number of hydrogen-bond donors (Lipinski definition) is 2. The van der Waals surface area contributed by atoms with Gasteiger partial charge in [0, 0.05) is 17.0 Å². The molecule has 0 radical (unpaired) electrons. The molecule has 0 amide bonds. The SMILES string of the molecule is CC(C)(CC(=O)O)C(=O)c1ccc(CO)c([N+](=O)[O-])c1. The van der Waals surface area contributed by atoms with Crippen molar-refractivity contribution in [3.05, 3.63) is 39.4 Å². The van der Waals surface area contributed by atoms with Gasteiger partial charge in [0.2, 0.25) is 0 Å². The Balaban J connectivity index is 3.20. The molecule has 0 bridgehead atoms. The quantitative estimate of drug-likeness (QED) is 0.466. The summed E-state index contributed by atoms with van der Waals surface area (Å²) in [6.45, 7) is 2.42. The Morgan fingerprint density at radius 3 is 2.40 bits per heavy atom. The minimum Gasteiger partial charge on any atom is -0.481 e. The predicted octanol–water partition coefficient (Wildman–Crippen LogP) is 1.77. The van der Waals surface area contributed by atoms with Gasteiger partial charge in [0.25, 0.3) is 5.69 Å². The molecule has 0 heterocycles. The van der Waals surface area contributed by atoms with Crippen LogP contribution in [-0.2, 0) is 11.4 Å². The number of ketones is 1. The Hall–Kier alpha value is -2.28. The van der Waals surface area contributed by atoms with Gasteiger partial charge in [0.1, 0.15) is 0 Å². The Bertz CT molecular complexity index is 564. The van der Waals surface area contributed by atoms with Crippen LogP contribution in [0.15, 0.2) is 18.2 Å². The number of carboxylic acids is 1. The zero-order valence-electron chi connectivity index (χ0n) is 11.1. The standard InChI is InChI=1S/C13H15NO6/c1-13(2,6-11(16)17)12(18)8-3-4-9(7-15)10(5-8)14(19)20/h3-5,15H,6-7H2,1-2H3,(H,16,17). The highest BCUT2D eigenvalue weighted by molar-refractivity contribution is 6.02. The van der Waals surface area contributed by atoms with Crippen LogP contribution in [-0.4, -0.2) is 26.9 Å². The van der Waals surface area contributed by atoms with E-state index in [4.69, 9.17) is 10.2 Å². The Morgan fingerprint density at radius 1 is 1.35 bits per heavy atom. The molecule has 0 spiro atoms. The monoisotopic (exact) mass is 281 g/mol. The van der Waals surface area contributed by atoms with E-state index in [1.165, 1.54) is 26.0 Å². The van der Waals surface area contributed by atoms with Gasteiger partial charge in [-0.15, -0.1) is 0 Å². The average Bonchev–Trinajstić information content (AvgIpc) is 2.35. The summed E-state index contributed by atoms with van der Waals surface area (Å²) in [7, 11) is 0. The number of rotatable bonds is 6. The van der Waals surface area contributed by atoms with E-state index in [1.807, 2.05) is 0 Å². The van der Waals surface area contributed by atoms with Gasteiger partial charge in [-0.1, -0.05) is 19.9 Å². The summed E-state index contributed by atoms with van der Waals surface area (Å²) in [5, 5.41) is 28.7. The molecule has 0 aromatic heterocycles. The average molecular weight is 281 g/mol. The molecule has 0 atom stereocenters. The lowest BCUT2D eigenvalue weighted by atomic mass is 9.81. The first-order chi connectivity index (χ1) is 9.19. The van der Waals surface area contributed by atoms with Crippen LogP contribution in [0, 0.1) is 15.5 Å². The summed E-state index contributed by atoms with van der Waals surface area (Å²) in [4.78, 5) is 33.1. The Kier molecular flexibility index (Phi) is 4.57. The summed E-state index contributed by atoms with van der Waals surface area (Å²) in [6.07, 6.45) is -0.374. The second-order valence-corrected chi connectivity index (χ2v) is 5.04. The van der Waals surface area contributed by atoms with Crippen LogP contribution < -0.4 is 0 Å². The first-order valence-corrected chi connectivity index (χ1v) is 5.84. The zero-order valence-corrected chi connectivity index (χ0v) is 11.1. The molecule has 0 fully saturated rings. The van der Waals surface area contributed by atoms with Crippen LogP contribution in [0.2, 0.25) is 0 Å². The summed E-state index contributed by atoms with van der Waals surface area (Å²) in [6, 6.07) is 3.71. The van der Waals surface area contributed by atoms with Crippen molar-refractivity contribution in [3.8, 4) is 0 Å². The number of nitrogens with zero attached hydrogens (tertiary/aromatic N) is 1. The van der Waals surface area contributed by atoms with Crippen LogP contribution in [0.1, 0.15) is 36.2 Å². The van der Waals surface area contributed by atoms with Crippen LogP contribution in [0.3, 0.4) is 0 Å². The maximum absolute atomic E-state index is 12.2. The molecule has 1 rings (SSSR count). The van der Waals surface area contributed by atoms with E-state index in [2.05, 4.69) is 0 Å². The second kappa shape index (κ2) is 5.79. The fourth-order valence-corrected chi connectivity index (χ4v) is 1.86. The summed E-state index contributed by atoms with van der Waals surface area (Å²) in [5.41, 5.74) is -1.37. The van der Waals surface area contributed by atoms with E-state index in [1.54, 1.807) is 0 Å². The molecule has 0 aliphatic rings. The van der Waals surface area contributed by atoms with E-state index >= 15 is 0 Å². The number of hydrogen-bond acceptors (Lipinski definition) is 5. The Labute approximate surface area is 115 Å². The largest absolute Gasteiger partial charge is 0.481 e. The lowest BCUT2D eigenvalue weighted by molar-refractivity contribution is -0.385. The van der Waals surface area contributed by atoms with Gasteiger partial charge < -0.3 is 10.2 Å². The van der Waals surface area contributed by atoms with Crippen molar-refractivity contribution in [2.45, 2.75) is 26.9 Å². The van der Waals surface area contributed by atoms with Crippen LogP contribution in [0.5, 0.6) is 0 Å². The molecule has 7 heteroatoms. The summed E-state index contributed by atoms with van der Waals surface area (Å²) in [5.74, 6) is -1.61. The number of aliphatic hydroxyl groups is 1. The number of nitro groups is 1. The van der Waals surface area contributed by atoms with Crippen LogP contribution in [0.4, 0.5) is 5.69 Å². The lowest BCUT2D eigenvalue weighted by Gasteiger charge is -2.20. The predicted molar refractivity (Wildman–Crippen MR) is 69.4 cm³/mol. The molecule has 20 heavy (non-hydrogen) atoms. The van der Waals surface area contributed by atoms with E-state index in [-0.39, 0.29) is 23.2 Å². The molecule has 7 nitrogen and oxygen atoms in total. The van der Waals surface area contributed by atoms with E-state index < -0.39 is 28.7 Å². The maximum atomic E-state index is 12.2. The molecule has 0 aliphatic heterocycles. The van der Waals surface area contributed by atoms with Crippen molar-refractivity contribution in [2.75, 3.05) is 0 Å². The third kappa shape index (κ3) is 3.39. The fourth-order valence-electron chi connectivity index (χ4n) is 1.86. The van der Waals surface area contributed by atoms with Crippen molar-refractivity contribution in [2.24, 2.45) is 5.41 Å². The Morgan fingerprint density at radius 2 is 1.95 bits per heavy atom. The van der Waals surface area contributed by atoms with Crippen molar-refractivity contribution in [1.29, 1.82) is 0 Å². The van der Waals surface area contributed by atoms with Gasteiger partial charge in [-0.05, 0) is 6.07 Å². The first-order valence-electron chi connectivity index (χ1n) is 5.84. The molecule has 0 saturated heterocycles. The molecule has 108 valence electrons. The van der Waals surface area contributed by atoms with E-state index in [0.717, 1.165) is 6.07 Å². The van der Waals surface area contributed by atoms with Gasteiger partial charge in [0.15, 0.2) is 5.78 Å². The van der Waals surface area contributed by atoms with Crippen molar-refractivity contribution in [3.63, 3.8) is 0 Å². The third-order valence-corrected chi connectivity index (χ3v) is 2.92. The highest BCUT2D eigenvalue weighted by Gasteiger charge is 2.32. The highest BCUT2D eigenvalue weighted by Crippen LogP contribution is 2.29. The molecule has 0 unspecified atom stereocenters. The van der Waals surface area contributed by atoms with Crippen molar-refractivity contribution < 1.29 is 24.7 Å².